The van der Waals surface area contributed by atoms with Crippen molar-refractivity contribution in [2.24, 2.45) is 5.73 Å². The largest absolute Gasteiger partial charge is 0.485 e. The van der Waals surface area contributed by atoms with E-state index >= 15 is 0 Å². The van der Waals surface area contributed by atoms with Crippen molar-refractivity contribution in [3.63, 3.8) is 0 Å². The number of carbonyl (C=O) groups excluding carboxylic acids is 1. The number of nitrogens with one attached hydrogen (secondary N) is 1. The number of nitriles is 1. The monoisotopic (exact) mass is 351 g/mol. The van der Waals surface area contributed by atoms with Crippen molar-refractivity contribution in [2.75, 3.05) is 0 Å². The Kier molecular flexibility index (Phi) is 4.68. The highest BCUT2D eigenvalue weighted by Crippen LogP contribution is 2.40. The molecule has 1 aliphatic rings. The Balaban J connectivity index is 1.93. The first kappa shape index (κ1) is 17.9. The minimum absolute atomic E-state index is 0.411. The van der Waals surface area contributed by atoms with E-state index in [0.29, 0.717) is 22.4 Å². The third-order valence-electron chi connectivity index (χ3n) is 4.61. The molecule has 1 amide bonds. The summed E-state index contributed by atoms with van der Waals surface area (Å²) >= 11 is 0. The van der Waals surface area contributed by atoms with Gasteiger partial charge >= 0.3 is 0 Å². The second-order valence-electron chi connectivity index (χ2n) is 6.89. The highest BCUT2D eigenvalue weighted by atomic mass is 16.5. The number of amides is 1. The lowest BCUT2D eigenvalue weighted by atomic mass is 9.85. The molecular formula is C20H21N3O3. The van der Waals surface area contributed by atoms with Crippen LogP contribution in [-0.4, -0.2) is 22.7 Å². The number of hydrogen-bond acceptors (Lipinski definition) is 5. The first-order valence-electron chi connectivity index (χ1n) is 8.35. The average Bonchev–Trinajstić information content (AvgIpc) is 2.65. The molecular weight excluding hydrogens is 330 g/mol. The average molecular weight is 351 g/mol. The van der Waals surface area contributed by atoms with Crippen molar-refractivity contribution < 1.29 is 14.6 Å². The van der Waals surface area contributed by atoms with E-state index in [9.17, 15) is 9.90 Å². The maximum absolute atomic E-state index is 12.7. The first-order chi connectivity index (χ1) is 12.3. The van der Waals surface area contributed by atoms with Gasteiger partial charge in [-0.3, -0.25) is 4.79 Å². The maximum Gasteiger partial charge on any atom is 0.242 e. The molecule has 6 heteroatoms. The Labute approximate surface area is 152 Å². The molecule has 0 saturated heterocycles. The third kappa shape index (κ3) is 3.27. The van der Waals surface area contributed by atoms with Crippen LogP contribution >= 0.6 is 0 Å². The predicted octanol–water partition coefficient (Wildman–Crippen LogP) is 1.95. The van der Waals surface area contributed by atoms with E-state index < -0.39 is 29.7 Å². The molecule has 0 saturated carbocycles. The van der Waals surface area contributed by atoms with E-state index in [1.807, 2.05) is 18.2 Å². The summed E-state index contributed by atoms with van der Waals surface area (Å²) in [5.74, 6) is 0.115. The van der Waals surface area contributed by atoms with E-state index in [-0.39, 0.29) is 0 Å². The van der Waals surface area contributed by atoms with Crippen LogP contribution in [0, 0.1) is 11.3 Å². The lowest BCUT2D eigenvalue weighted by Gasteiger charge is -2.42. The zero-order chi connectivity index (χ0) is 18.9. The van der Waals surface area contributed by atoms with Crippen molar-refractivity contribution in [1.82, 2.24) is 5.32 Å². The summed E-state index contributed by atoms with van der Waals surface area (Å²) in [6.45, 7) is 3.49. The summed E-state index contributed by atoms with van der Waals surface area (Å²) in [6, 6.07) is 14.4. The number of nitrogens with zero attached hydrogens (tertiary/aromatic N) is 1. The molecule has 0 radical (unpaired) electrons. The van der Waals surface area contributed by atoms with Crippen LogP contribution in [0.4, 0.5) is 0 Å². The quantitative estimate of drug-likeness (QED) is 0.783. The highest BCUT2D eigenvalue weighted by Gasteiger charge is 2.44. The zero-order valence-electron chi connectivity index (χ0n) is 14.6. The van der Waals surface area contributed by atoms with Gasteiger partial charge in [0.1, 0.15) is 23.5 Å². The summed E-state index contributed by atoms with van der Waals surface area (Å²) in [6.07, 6.45) is -1.00. The van der Waals surface area contributed by atoms with Gasteiger partial charge in [-0.1, -0.05) is 30.3 Å². The fourth-order valence-corrected chi connectivity index (χ4v) is 3.08. The zero-order valence-corrected chi connectivity index (χ0v) is 14.6. The number of benzene rings is 2. The van der Waals surface area contributed by atoms with Gasteiger partial charge < -0.3 is 20.9 Å². The summed E-state index contributed by atoms with van der Waals surface area (Å²) in [4.78, 5) is 12.7. The van der Waals surface area contributed by atoms with Crippen molar-refractivity contribution >= 4 is 5.91 Å². The Morgan fingerprint density at radius 1 is 1.31 bits per heavy atom. The topological polar surface area (TPSA) is 108 Å². The van der Waals surface area contributed by atoms with Crippen molar-refractivity contribution in [2.45, 2.75) is 37.6 Å². The van der Waals surface area contributed by atoms with Crippen LogP contribution in [0.5, 0.6) is 5.75 Å². The van der Waals surface area contributed by atoms with Crippen LogP contribution in [0.2, 0.25) is 0 Å². The van der Waals surface area contributed by atoms with E-state index in [1.54, 1.807) is 44.2 Å². The number of ether oxygens (including phenoxy) is 1. The normalized spacial score (nSPS) is 21.7. The van der Waals surface area contributed by atoms with Gasteiger partial charge in [0.2, 0.25) is 5.91 Å². The minimum Gasteiger partial charge on any atom is -0.485 e. The second-order valence-corrected chi connectivity index (χ2v) is 6.89. The van der Waals surface area contributed by atoms with Gasteiger partial charge in [-0.2, -0.15) is 5.26 Å². The molecule has 0 aromatic heterocycles. The summed E-state index contributed by atoms with van der Waals surface area (Å²) in [5, 5.41) is 22.7. The first-order valence-corrected chi connectivity index (χ1v) is 8.35. The molecule has 3 atom stereocenters. The molecule has 0 spiro atoms. The van der Waals surface area contributed by atoms with E-state index in [2.05, 4.69) is 11.4 Å². The number of nitrogens with two attached hydrogens (primary N) is 1. The van der Waals surface area contributed by atoms with Crippen molar-refractivity contribution in [3.05, 3.63) is 65.2 Å². The molecule has 134 valence electrons. The van der Waals surface area contributed by atoms with Gasteiger partial charge in [-0.15, -0.1) is 0 Å². The molecule has 3 unspecified atom stereocenters. The molecule has 6 nitrogen and oxygen atoms in total. The van der Waals surface area contributed by atoms with E-state index in [1.165, 1.54) is 0 Å². The third-order valence-corrected chi connectivity index (χ3v) is 4.61. The summed E-state index contributed by atoms with van der Waals surface area (Å²) < 4.78 is 5.85. The Morgan fingerprint density at radius 3 is 2.65 bits per heavy atom. The van der Waals surface area contributed by atoms with Gasteiger partial charge in [0.25, 0.3) is 0 Å². The number of hydrogen-bond donors (Lipinski definition) is 3. The maximum atomic E-state index is 12.7. The second kappa shape index (κ2) is 6.79. The summed E-state index contributed by atoms with van der Waals surface area (Å²) in [7, 11) is 0. The number of fused-ring (bicyclic) bond motifs is 1. The molecule has 2 aromatic carbocycles. The van der Waals surface area contributed by atoms with Crippen LogP contribution < -0.4 is 15.8 Å². The number of carbonyl (C=O) groups is 1. The van der Waals surface area contributed by atoms with E-state index in [0.717, 1.165) is 0 Å². The molecule has 3 rings (SSSR count). The van der Waals surface area contributed by atoms with Crippen LogP contribution in [0.3, 0.4) is 0 Å². The SMILES string of the molecule is CC1(C)Oc2ccc(C#N)cc2C(NC(=O)C(N)c2ccccc2)C1O. The smallest absolute Gasteiger partial charge is 0.242 e. The highest BCUT2D eigenvalue weighted by molar-refractivity contribution is 5.83. The van der Waals surface area contributed by atoms with Crippen molar-refractivity contribution in [3.8, 4) is 11.8 Å². The van der Waals surface area contributed by atoms with Crippen LogP contribution in [0.1, 0.15) is 42.6 Å². The van der Waals surface area contributed by atoms with Gasteiger partial charge in [-0.25, -0.2) is 0 Å². The fourth-order valence-electron chi connectivity index (χ4n) is 3.08. The minimum atomic E-state index is -1.00. The van der Waals surface area contributed by atoms with Gasteiger partial charge in [0, 0.05) is 5.56 Å². The molecule has 0 fully saturated rings. The number of rotatable bonds is 3. The van der Waals surface area contributed by atoms with Gasteiger partial charge in [0.05, 0.1) is 17.7 Å². The van der Waals surface area contributed by atoms with Gasteiger partial charge in [0.15, 0.2) is 0 Å². The Bertz CT molecular complexity index is 858. The Hall–Kier alpha value is -2.88. The standard InChI is InChI=1S/C20H21N3O3/c1-20(2)18(24)17(14-10-12(11-21)8-9-15(14)26-20)23-19(25)16(22)13-6-4-3-5-7-13/h3-10,16-18,24H,22H2,1-2H3,(H,23,25). The molecule has 0 bridgehead atoms. The molecule has 4 N–H and O–H groups in total. The van der Waals surface area contributed by atoms with Crippen molar-refractivity contribution in [1.29, 1.82) is 5.26 Å². The van der Waals surface area contributed by atoms with Crippen LogP contribution in [0.25, 0.3) is 0 Å². The lowest BCUT2D eigenvalue weighted by Crippen LogP contribution is -2.54. The Morgan fingerprint density at radius 2 is 2.00 bits per heavy atom. The van der Waals surface area contributed by atoms with E-state index in [4.69, 9.17) is 15.7 Å². The number of aliphatic hydroxyl groups is 1. The molecule has 1 aliphatic heterocycles. The van der Waals surface area contributed by atoms with Gasteiger partial charge in [-0.05, 0) is 37.6 Å². The molecule has 2 aromatic rings. The number of aliphatic hydroxyl groups excluding tert-OH is 1. The predicted molar refractivity (Wildman–Crippen MR) is 96.1 cm³/mol. The molecule has 26 heavy (non-hydrogen) atoms. The van der Waals surface area contributed by atoms with Crippen LogP contribution in [0.15, 0.2) is 48.5 Å². The van der Waals surface area contributed by atoms with Crippen LogP contribution in [-0.2, 0) is 4.79 Å². The lowest BCUT2D eigenvalue weighted by molar-refractivity contribution is -0.127. The fraction of sp³-hybridized carbons (Fsp3) is 0.300. The molecule has 1 heterocycles. The molecule has 0 aliphatic carbocycles. The summed E-state index contributed by atoms with van der Waals surface area (Å²) in [5.41, 5.74) is 6.82.